The molecule has 0 spiro atoms. The molecule has 0 atom stereocenters. The van der Waals surface area contributed by atoms with Crippen molar-refractivity contribution in [3.05, 3.63) is 18.2 Å². The molecule has 2 nitrogen and oxygen atoms in total. The molecule has 3 heteroatoms. The van der Waals surface area contributed by atoms with E-state index < -0.39 is 0 Å². The molecule has 0 aliphatic carbocycles. The molecule has 0 aliphatic rings. The van der Waals surface area contributed by atoms with E-state index in [1.807, 2.05) is 18.2 Å². The van der Waals surface area contributed by atoms with E-state index >= 15 is 0 Å². The zero-order valence-corrected chi connectivity index (χ0v) is 8.19. The maximum Gasteiger partial charge on any atom is 0.0559 e. The molecule has 0 heterocycles. The molecule has 1 aromatic rings. The second kappa shape index (κ2) is 3.72. The molecule has 1 rings (SSSR count). The van der Waals surface area contributed by atoms with Gasteiger partial charge in [-0.05, 0) is 18.2 Å². The molecular formula is C9H14N2S. The van der Waals surface area contributed by atoms with Gasteiger partial charge in [0.05, 0.1) is 11.4 Å². The summed E-state index contributed by atoms with van der Waals surface area (Å²) in [5.41, 5.74) is 12.6. The van der Waals surface area contributed by atoms with Crippen LogP contribution in [0.2, 0.25) is 0 Å². The third-order valence-electron chi connectivity index (χ3n) is 1.43. The zero-order valence-electron chi connectivity index (χ0n) is 7.37. The van der Waals surface area contributed by atoms with Crippen LogP contribution in [-0.2, 0) is 0 Å². The summed E-state index contributed by atoms with van der Waals surface area (Å²) in [6.07, 6.45) is 0. The van der Waals surface area contributed by atoms with Gasteiger partial charge in [0.1, 0.15) is 0 Å². The van der Waals surface area contributed by atoms with Gasteiger partial charge in [-0.3, -0.25) is 0 Å². The Morgan fingerprint density at radius 3 is 2.33 bits per heavy atom. The topological polar surface area (TPSA) is 52.0 Å². The number of thioether (sulfide) groups is 1. The fourth-order valence-corrected chi connectivity index (χ4v) is 1.78. The molecule has 0 radical (unpaired) electrons. The summed E-state index contributed by atoms with van der Waals surface area (Å²) in [4.78, 5) is 1.18. The van der Waals surface area contributed by atoms with Crippen LogP contribution >= 0.6 is 11.8 Å². The maximum absolute atomic E-state index is 5.66. The van der Waals surface area contributed by atoms with Crippen molar-refractivity contribution in [3.8, 4) is 0 Å². The quantitative estimate of drug-likeness (QED) is 0.545. The molecule has 1 aromatic carbocycles. The first-order valence-electron chi connectivity index (χ1n) is 3.91. The summed E-state index contributed by atoms with van der Waals surface area (Å²) < 4.78 is 0. The van der Waals surface area contributed by atoms with Gasteiger partial charge in [-0.2, -0.15) is 0 Å². The lowest BCUT2D eigenvalue weighted by atomic mass is 10.3. The van der Waals surface area contributed by atoms with Crippen LogP contribution in [0.3, 0.4) is 0 Å². The number of rotatable bonds is 2. The Morgan fingerprint density at radius 1 is 1.17 bits per heavy atom. The van der Waals surface area contributed by atoms with Crippen molar-refractivity contribution in [2.45, 2.75) is 24.0 Å². The second-order valence-corrected chi connectivity index (χ2v) is 4.61. The fraction of sp³-hybridized carbons (Fsp3) is 0.333. The first kappa shape index (κ1) is 9.26. The highest BCUT2D eigenvalue weighted by Crippen LogP contribution is 2.27. The van der Waals surface area contributed by atoms with Gasteiger partial charge in [0.2, 0.25) is 0 Å². The average molecular weight is 182 g/mol. The number of benzene rings is 1. The van der Waals surface area contributed by atoms with E-state index in [4.69, 9.17) is 11.5 Å². The lowest BCUT2D eigenvalue weighted by molar-refractivity contribution is 1.11. The third kappa shape index (κ3) is 2.34. The standard InChI is InChI=1S/C9H14N2S/c1-6(2)12-7-3-4-8(10)9(11)5-7/h3-6H,10-11H2,1-2H3. The molecule has 0 aliphatic heterocycles. The highest BCUT2D eigenvalue weighted by molar-refractivity contribution is 7.99. The van der Waals surface area contributed by atoms with E-state index in [1.165, 1.54) is 4.90 Å². The van der Waals surface area contributed by atoms with Crippen LogP contribution in [0.1, 0.15) is 13.8 Å². The Labute approximate surface area is 77.3 Å². The number of hydrogen-bond acceptors (Lipinski definition) is 3. The number of anilines is 2. The van der Waals surface area contributed by atoms with Crippen molar-refractivity contribution < 1.29 is 0 Å². The largest absolute Gasteiger partial charge is 0.397 e. The predicted octanol–water partition coefficient (Wildman–Crippen LogP) is 2.35. The van der Waals surface area contributed by atoms with E-state index in [-0.39, 0.29) is 0 Å². The van der Waals surface area contributed by atoms with Crippen LogP contribution in [0.5, 0.6) is 0 Å². The van der Waals surface area contributed by atoms with E-state index in [2.05, 4.69) is 13.8 Å². The summed E-state index contributed by atoms with van der Waals surface area (Å²) in [7, 11) is 0. The van der Waals surface area contributed by atoms with Crippen molar-refractivity contribution in [2.24, 2.45) is 0 Å². The van der Waals surface area contributed by atoms with Gasteiger partial charge in [-0.1, -0.05) is 13.8 Å². The Bertz CT molecular complexity index is 271. The average Bonchev–Trinajstić information content (AvgIpc) is 1.96. The highest BCUT2D eigenvalue weighted by atomic mass is 32.2. The normalized spacial score (nSPS) is 10.6. The third-order valence-corrected chi connectivity index (χ3v) is 2.43. The molecule has 0 saturated heterocycles. The summed E-state index contributed by atoms with van der Waals surface area (Å²) in [5.74, 6) is 0. The van der Waals surface area contributed by atoms with Crippen molar-refractivity contribution in [3.63, 3.8) is 0 Å². The SMILES string of the molecule is CC(C)Sc1ccc(N)c(N)c1. The first-order valence-corrected chi connectivity index (χ1v) is 4.79. The van der Waals surface area contributed by atoms with Crippen LogP contribution < -0.4 is 11.5 Å². The Hall–Kier alpha value is -0.830. The number of nitrogens with two attached hydrogens (primary N) is 2. The van der Waals surface area contributed by atoms with Gasteiger partial charge >= 0.3 is 0 Å². The second-order valence-electron chi connectivity index (χ2n) is 2.96. The van der Waals surface area contributed by atoms with Crippen molar-refractivity contribution in [2.75, 3.05) is 11.5 Å². The maximum atomic E-state index is 5.66. The van der Waals surface area contributed by atoms with Gasteiger partial charge in [0.25, 0.3) is 0 Å². The van der Waals surface area contributed by atoms with Crippen molar-refractivity contribution in [1.29, 1.82) is 0 Å². The summed E-state index contributed by atoms with van der Waals surface area (Å²) in [6.45, 7) is 4.30. The smallest absolute Gasteiger partial charge is 0.0559 e. The van der Waals surface area contributed by atoms with Gasteiger partial charge in [-0.15, -0.1) is 11.8 Å². The molecule has 0 saturated carbocycles. The van der Waals surface area contributed by atoms with Crippen molar-refractivity contribution >= 4 is 23.1 Å². The minimum Gasteiger partial charge on any atom is -0.397 e. The molecule has 0 aromatic heterocycles. The van der Waals surface area contributed by atoms with Crippen LogP contribution in [0.15, 0.2) is 23.1 Å². The van der Waals surface area contributed by atoms with Crippen LogP contribution in [0.25, 0.3) is 0 Å². The van der Waals surface area contributed by atoms with Crippen LogP contribution in [-0.4, -0.2) is 5.25 Å². The molecule has 66 valence electrons. The Kier molecular flexibility index (Phi) is 2.87. The van der Waals surface area contributed by atoms with Gasteiger partial charge in [0.15, 0.2) is 0 Å². The van der Waals surface area contributed by atoms with E-state index in [1.54, 1.807) is 11.8 Å². The lowest BCUT2D eigenvalue weighted by Crippen LogP contribution is -1.94. The molecule has 0 amide bonds. The van der Waals surface area contributed by atoms with E-state index in [0.29, 0.717) is 16.6 Å². The number of nitrogen functional groups attached to an aromatic ring is 2. The number of hydrogen-bond donors (Lipinski definition) is 2. The zero-order chi connectivity index (χ0) is 9.14. The van der Waals surface area contributed by atoms with E-state index in [0.717, 1.165) is 0 Å². The lowest BCUT2D eigenvalue weighted by Gasteiger charge is -2.06. The molecule has 4 N–H and O–H groups in total. The molecular weight excluding hydrogens is 168 g/mol. The minimum atomic E-state index is 0.577. The first-order chi connectivity index (χ1) is 5.59. The Balaban J connectivity index is 2.82. The Morgan fingerprint density at radius 2 is 1.83 bits per heavy atom. The van der Waals surface area contributed by atoms with Crippen molar-refractivity contribution in [1.82, 2.24) is 0 Å². The fourth-order valence-electron chi connectivity index (χ4n) is 0.898. The monoisotopic (exact) mass is 182 g/mol. The minimum absolute atomic E-state index is 0.577. The van der Waals surface area contributed by atoms with E-state index in [9.17, 15) is 0 Å². The summed E-state index contributed by atoms with van der Waals surface area (Å²) in [5, 5.41) is 0.577. The van der Waals surface area contributed by atoms with Gasteiger partial charge < -0.3 is 11.5 Å². The van der Waals surface area contributed by atoms with Gasteiger partial charge in [-0.25, -0.2) is 0 Å². The summed E-state index contributed by atoms with van der Waals surface area (Å²) in [6, 6.07) is 5.76. The molecule has 0 bridgehead atoms. The summed E-state index contributed by atoms with van der Waals surface area (Å²) >= 11 is 1.79. The molecule has 0 fully saturated rings. The van der Waals surface area contributed by atoms with Gasteiger partial charge in [0, 0.05) is 10.1 Å². The molecule has 0 unspecified atom stereocenters. The highest BCUT2D eigenvalue weighted by Gasteiger charge is 2.00. The van der Waals surface area contributed by atoms with Crippen LogP contribution in [0.4, 0.5) is 11.4 Å². The van der Waals surface area contributed by atoms with Crippen LogP contribution in [0, 0.1) is 0 Å². The predicted molar refractivity (Wildman–Crippen MR) is 56.3 cm³/mol. The molecule has 12 heavy (non-hydrogen) atoms.